The topological polar surface area (TPSA) is 106 Å². The molecule has 0 spiro atoms. The third-order valence-corrected chi connectivity index (χ3v) is 3.71. The number of fused-ring (bicyclic) bond motifs is 1. The lowest BCUT2D eigenvalue weighted by molar-refractivity contribution is -0.118. The fourth-order valence-electron chi connectivity index (χ4n) is 2.44. The summed E-state index contributed by atoms with van der Waals surface area (Å²) in [6, 6.07) is 12.2. The van der Waals surface area contributed by atoms with Gasteiger partial charge in [-0.3, -0.25) is 4.79 Å². The predicted molar refractivity (Wildman–Crippen MR) is 94.7 cm³/mol. The predicted octanol–water partition coefficient (Wildman–Crippen LogP) is 2.82. The molecule has 0 aliphatic heterocycles. The molecule has 0 unspecified atom stereocenters. The zero-order chi connectivity index (χ0) is 18.7. The molecule has 7 heteroatoms. The Balaban J connectivity index is 1.64. The van der Waals surface area contributed by atoms with E-state index in [2.05, 4.69) is 5.32 Å². The summed E-state index contributed by atoms with van der Waals surface area (Å²) < 4.78 is 10.6. The monoisotopic (exact) mass is 353 g/mol. The quantitative estimate of drug-likeness (QED) is 0.683. The van der Waals surface area contributed by atoms with Crippen LogP contribution in [0.25, 0.3) is 11.0 Å². The first-order valence-corrected chi connectivity index (χ1v) is 7.73. The van der Waals surface area contributed by atoms with Gasteiger partial charge in [-0.25, -0.2) is 9.59 Å². The van der Waals surface area contributed by atoms with Gasteiger partial charge in [0.2, 0.25) is 0 Å². The van der Waals surface area contributed by atoms with E-state index < -0.39 is 17.5 Å². The van der Waals surface area contributed by atoms with Gasteiger partial charge in [0.25, 0.3) is 5.91 Å². The van der Waals surface area contributed by atoms with Gasteiger partial charge in [-0.1, -0.05) is 0 Å². The first kappa shape index (κ1) is 17.2. The number of anilines is 1. The number of carbonyl (C=O) groups excluding carboxylic acids is 1. The molecule has 2 aromatic carbocycles. The maximum absolute atomic E-state index is 12.0. The molecule has 2 N–H and O–H groups in total. The van der Waals surface area contributed by atoms with Gasteiger partial charge in [-0.05, 0) is 48.9 Å². The average Bonchev–Trinajstić information content (AvgIpc) is 2.60. The van der Waals surface area contributed by atoms with Gasteiger partial charge < -0.3 is 19.6 Å². The molecule has 132 valence electrons. The van der Waals surface area contributed by atoms with Crippen LogP contribution in [-0.4, -0.2) is 23.6 Å². The summed E-state index contributed by atoms with van der Waals surface area (Å²) in [5.41, 5.74) is 1.33. The average molecular weight is 353 g/mol. The first-order valence-electron chi connectivity index (χ1n) is 7.73. The van der Waals surface area contributed by atoms with Crippen LogP contribution < -0.4 is 15.7 Å². The van der Waals surface area contributed by atoms with Crippen LogP contribution in [-0.2, 0) is 4.79 Å². The molecule has 7 nitrogen and oxygen atoms in total. The Bertz CT molecular complexity index is 1040. The van der Waals surface area contributed by atoms with Gasteiger partial charge in [-0.15, -0.1) is 0 Å². The molecule has 0 saturated heterocycles. The van der Waals surface area contributed by atoms with Crippen molar-refractivity contribution in [2.45, 2.75) is 6.92 Å². The summed E-state index contributed by atoms with van der Waals surface area (Å²) in [5.74, 6) is -1.05. The number of rotatable bonds is 5. The summed E-state index contributed by atoms with van der Waals surface area (Å²) in [6.07, 6.45) is 0. The van der Waals surface area contributed by atoms with E-state index in [0.29, 0.717) is 17.0 Å². The molecule has 3 aromatic rings. The number of amides is 1. The van der Waals surface area contributed by atoms with Crippen molar-refractivity contribution in [3.8, 4) is 5.75 Å². The highest BCUT2D eigenvalue weighted by Crippen LogP contribution is 2.22. The van der Waals surface area contributed by atoms with E-state index in [1.54, 1.807) is 18.2 Å². The second-order valence-electron chi connectivity index (χ2n) is 5.63. The Kier molecular flexibility index (Phi) is 4.70. The van der Waals surface area contributed by atoms with Crippen LogP contribution in [0.5, 0.6) is 5.75 Å². The SMILES string of the molecule is Cc1cc(=O)oc2cc(OCC(=O)Nc3ccc(C(=O)O)cc3)ccc12. The Morgan fingerprint density at radius 3 is 2.54 bits per heavy atom. The zero-order valence-corrected chi connectivity index (χ0v) is 13.8. The summed E-state index contributed by atoms with van der Waals surface area (Å²) >= 11 is 0. The van der Waals surface area contributed by atoms with Crippen LogP contribution in [0.2, 0.25) is 0 Å². The van der Waals surface area contributed by atoms with Gasteiger partial charge in [0.05, 0.1) is 5.56 Å². The number of carbonyl (C=O) groups is 2. The number of ether oxygens (including phenoxy) is 1. The van der Waals surface area contributed by atoms with Crippen molar-refractivity contribution in [1.29, 1.82) is 0 Å². The van der Waals surface area contributed by atoms with Crippen molar-refractivity contribution in [1.82, 2.24) is 0 Å². The molecule has 0 fully saturated rings. The van der Waals surface area contributed by atoms with E-state index in [1.807, 2.05) is 6.92 Å². The molecule has 0 atom stereocenters. The highest BCUT2D eigenvalue weighted by atomic mass is 16.5. The van der Waals surface area contributed by atoms with E-state index in [-0.39, 0.29) is 12.2 Å². The number of nitrogens with one attached hydrogen (secondary N) is 1. The molecular weight excluding hydrogens is 338 g/mol. The number of carboxylic acid groups (broad SMARTS) is 1. The number of benzene rings is 2. The standard InChI is InChI=1S/C19H15NO6/c1-11-8-18(22)26-16-9-14(6-7-15(11)16)25-10-17(21)20-13-4-2-12(3-5-13)19(23)24/h2-9H,10H2,1H3,(H,20,21)(H,23,24). The Labute approximate surface area is 147 Å². The summed E-state index contributed by atoms with van der Waals surface area (Å²) in [5, 5.41) is 12.2. The molecular formula is C19H15NO6. The number of aryl methyl sites for hydroxylation is 1. The van der Waals surface area contributed by atoms with Crippen molar-refractivity contribution in [3.63, 3.8) is 0 Å². The fraction of sp³-hybridized carbons (Fsp3) is 0.105. The summed E-state index contributed by atoms with van der Waals surface area (Å²) in [4.78, 5) is 34.2. The minimum atomic E-state index is -1.04. The second kappa shape index (κ2) is 7.10. The van der Waals surface area contributed by atoms with Crippen molar-refractivity contribution in [3.05, 3.63) is 70.1 Å². The van der Waals surface area contributed by atoms with E-state index in [4.69, 9.17) is 14.3 Å². The highest BCUT2D eigenvalue weighted by Gasteiger charge is 2.08. The van der Waals surface area contributed by atoms with Crippen LogP contribution in [0.15, 0.2) is 57.7 Å². The van der Waals surface area contributed by atoms with E-state index in [1.165, 1.54) is 30.3 Å². The van der Waals surface area contributed by atoms with Gasteiger partial charge in [-0.2, -0.15) is 0 Å². The van der Waals surface area contributed by atoms with Gasteiger partial charge in [0.15, 0.2) is 6.61 Å². The van der Waals surface area contributed by atoms with Crippen LogP contribution in [0.4, 0.5) is 5.69 Å². The molecule has 0 saturated carbocycles. The molecule has 0 aliphatic rings. The molecule has 0 aliphatic carbocycles. The van der Waals surface area contributed by atoms with Crippen molar-refractivity contribution in [2.75, 3.05) is 11.9 Å². The van der Waals surface area contributed by atoms with Gasteiger partial charge in [0.1, 0.15) is 11.3 Å². The number of carboxylic acids is 1. The molecule has 1 heterocycles. The van der Waals surface area contributed by atoms with Crippen LogP contribution in [0.1, 0.15) is 15.9 Å². The highest BCUT2D eigenvalue weighted by molar-refractivity contribution is 5.93. The molecule has 0 bridgehead atoms. The summed E-state index contributed by atoms with van der Waals surface area (Å²) in [6.45, 7) is 1.56. The lowest BCUT2D eigenvalue weighted by atomic mass is 10.1. The number of aromatic carboxylic acids is 1. The number of hydrogen-bond donors (Lipinski definition) is 2. The van der Waals surface area contributed by atoms with Crippen molar-refractivity contribution < 1.29 is 23.8 Å². The van der Waals surface area contributed by atoms with Gasteiger partial charge >= 0.3 is 11.6 Å². The Hall–Kier alpha value is -3.61. The lowest BCUT2D eigenvalue weighted by Gasteiger charge is -2.08. The van der Waals surface area contributed by atoms with E-state index >= 15 is 0 Å². The van der Waals surface area contributed by atoms with Gasteiger partial charge in [0, 0.05) is 23.2 Å². The van der Waals surface area contributed by atoms with Crippen molar-refractivity contribution in [2.24, 2.45) is 0 Å². The molecule has 1 amide bonds. The summed E-state index contributed by atoms with van der Waals surface area (Å²) in [7, 11) is 0. The normalized spacial score (nSPS) is 10.5. The zero-order valence-electron chi connectivity index (χ0n) is 13.8. The molecule has 1 aromatic heterocycles. The second-order valence-corrected chi connectivity index (χ2v) is 5.63. The molecule has 3 rings (SSSR count). The van der Waals surface area contributed by atoms with Crippen LogP contribution >= 0.6 is 0 Å². The largest absolute Gasteiger partial charge is 0.484 e. The van der Waals surface area contributed by atoms with Crippen LogP contribution in [0.3, 0.4) is 0 Å². The third-order valence-electron chi connectivity index (χ3n) is 3.71. The van der Waals surface area contributed by atoms with E-state index in [0.717, 1.165) is 10.9 Å². The maximum Gasteiger partial charge on any atom is 0.336 e. The molecule has 26 heavy (non-hydrogen) atoms. The third kappa shape index (κ3) is 3.89. The Morgan fingerprint density at radius 2 is 1.85 bits per heavy atom. The lowest BCUT2D eigenvalue weighted by Crippen LogP contribution is -2.20. The Morgan fingerprint density at radius 1 is 1.12 bits per heavy atom. The number of hydrogen-bond acceptors (Lipinski definition) is 5. The first-order chi connectivity index (χ1) is 12.4. The maximum atomic E-state index is 12.0. The molecule has 0 radical (unpaired) electrons. The van der Waals surface area contributed by atoms with Crippen molar-refractivity contribution >= 4 is 28.5 Å². The minimum absolute atomic E-state index is 0.132. The van der Waals surface area contributed by atoms with E-state index in [9.17, 15) is 14.4 Å². The minimum Gasteiger partial charge on any atom is -0.484 e. The smallest absolute Gasteiger partial charge is 0.336 e. The van der Waals surface area contributed by atoms with Crippen LogP contribution in [0, 0.1) is 6.92 Å². The fourth-order valence-corrected chi connectivity index (χ4v) is 2.44.